The van der Waals surface area contributed by atoms with Gasteiger partial charge in [0, 0.05) is 24.0 Å². The molecule has 0 aliphatic heterocycles. The van der Waals surface area contributed by atoms with Gasteiger partial charge in [0.2, 0.25) is 0 Å². The highest BCUT2D eigenvalue weighted by Gasteiger charge is 2.25. The van der Waals surface area contributed by atoms with Crippen molar-refractivity contribution in [1.82, 2.24) is 15.3 Å². The van der Waals surface area contributed by atoms with Crippen LogP contribution in [0.4, 0.5) is 5.69 Å². The number of amides is 1. The highest BCUT2D eigenvalue weighted by atomic mass is 16.5. The molecule has 1 amide bonds. The molecule has 4 rings (SSSR count). The van der Waals surface area contributed by atoms with E-state index in [-0.39, 0.29) is 24.1 Å². The molecule has 0 radical (unpaired) electrons. The first-order valence-corrected chi connectivity index (χ1v) is 11.7. The average molecular weight is 463 g/mol. The average Bonchev–Trinajstić information content (AvgIpc) is 2.84. The third-order valence-electron chi connectivity index (χ3n) is 6.27. The number of hydrogen-bond acceptors (Lipinski definition) is 7. The van der Waals surface area contributed by atoms with Crippen LogP contribution in [0.3, 0.4) is 0 Å². The molecule has 3 aromatic rings. The zero-order valence-corrected chi connectivity index (χ0v) is 19.5. The maximum absolute atomic E-state index is 12.4. The summed E-state index contributed by atoms with van der Waals surface area (Å²) < 4.78 is 11.4. The zero-order valence-electron chi connectivity index (χ0n) is 19.5. The lowest BCUT2D eigenvalue weighted by atomic mass is 9.86. The van der Waals surface area contributed by atoms with E-state index in [9.17, 15) is 9.59 Å². The first-order chi connectivity index (χ1) is 16.5. The summed E-state index contributed by atoms with van der Waals surface area (Å²) in [4.78, 5) is 33.3. The molecule has 1 fully saturated rings. The molecule has 1 aliphatic rings. The number of ether oxygens (including phenoxy) is 2. The van der Waals surface area contributed by atoms with E-state index in [1.165, 1.54) is 0 Å². The van der Waals surface area contributed by atoms with Crippen LogP contribution in [-0.4, -0.2) is 41.1 Å². The fraction of sp³-hybridized carbons (Fsp3) is 0.385. The Labute approximate surface area is 198 Å². The molecule has 34 heavy (non-hydrogen) atoms. The van der Waals surface area contributed by atoms with Crippen LogP contribution >= 0.6 is 0 Å². The Morgan fingerprint density at radius 2 is 1.85 bits per heavy atom. The van der Waals surface area contributed by atoms with Crippen molar-refractivity contribution in [2.24, 2.45) is 5.92 Å². The van der Waals surface area contributed by atoms with Crippen LogP contribution in [0.1, 0.15) is 59.0 Å². The fourth-order valence-electron chi connectivity index (χ4n) is 4.47. The van der Waals surface area contributed by atoms with Gasteiger partial charge in [-0.1, -0.05) is 6.07 Å². The standard InChI is InChI=1S/C26H30N4O4/c1-3-33-26(32)22-16(2)29-20-5-4-6-21(23(20)24(22)27)34-15-17-7-9-19(10-8-17)30-25(31)18-11-13-28-14-12-18/h4-6,11-14,17,19H,3,7-10,15H2,1-2H3,(H2,27,29)(H,30,31). The van der Waals surface area contributed by atoms with Crippen molar-refractivity contribution in [1.29, 1.82) is 0 Å². The van der Waals surface area contributed by atoms with Gasteiger partial charge in [0.1, 0.15) is 11.3 Å². The van der Waals surface area contributed by atoms with E-state index in [4.69, 9.17) is 15.2 Å². The number of rotatable bonds is 7. The minimum absolute atomic E-state index is 0.0615. The summed E-state index contributed by atoms with van der Waals surface area (Å²) in [6, 6.07) is 9.18. The molecular formula is C26H30N4O4. The van der Waals surface area contributed by atoms with Gasteiger partial charge in [-0.05, 0) is 69.7 Å². The first-order valence-electron chi connectivity index (χ1n) is 11.7. The summed E-state index contributed by atoms with van der Waals surface area (Å²) in [5.74, 6) is 0.442. The number of aromatic nitrogens is 2. The Morgan fingerprint density at radius 1 is 1.12 bits per heavy atom. The Morgan fingerprint density at radius 3 is 2.56 bits per heavy atom. The number of anilines is 1. The van der Waals surface area contributed by atoms with Crippen molar-refractivity contribution >= 4 is 28.5 Å². The molecule has 1 aliphatic carbocycles. The molecule has 178 valence electrons. The molecule has 0 saturated heterocycles. The third kappa shape index (κ3) is 5.11. The predicted octanol–water partition coefficient (Wildman–Crippen LogP) is 4.06. The summed E-state index contributed by atoms with van der Waals surface area (Å²) in [6.07, 6.45) is 6.94. The molecule has 0 atom stereocenters. The van der Waals surface area contributed by atoms with Gasteiger partial charge in [-0.2, -0.15) is 0 Å². The van der Waals surface area contributed by atoms with E-state index in [1.807, 2.05) is 18.2 Å². The number of fused-ring (bicyclic) bond motifs is 1. The maximum Gasteiger partial charge on any atom is 0.342 e. The Bertz CT molecular complexity index is 1170. The summed E-state index contributed by atoms with van der Waals surface area (Å²) in [5, 5.41) is 3.75. The summed E-state index contributed by atoms with van der Waals surface area (Å²) in [6.45, 7) is 4.30. The number of nitrogens with zero attached hydrogens (tertiary/aromatic N) is 2. The van der Waals surface area contributed by atoms with Gasteiger partial charge < -0.3 is 20.5 Å². The van der Waals surface area contributed by atoms with E-state index in [2.05, 4.69) is 15.3 Å². The maximum atomic E-state index is 12.4. The Hall–Kier alpha value is -3.68. The van der Waals surface area contributed by atoms with Gasteiger partial charge >= 0.3 is 5.97 Å². The van der Waals surface area contributed by atoms with Gasteiger partial charge in [0.25, 0.3) is 5.91 Å². The second-order valence-corrected chi connectivity index (χ2v) is 8.59. The van der Waals surface area contributed by atoms with Crippen LogP contribution in [0.15, 0.2) is 42.7 Å². The molecule has 2 aromatic heterocycles. The molecule has 1 aromatic carbocycles. The topological polar surface area (TPSA) is 116 Å². The largest absolute Gasteiger partial charge is 0.493 e. The van der Waals surface area contributed by atoms with Crippen LogP contribution in [0.25, 0.3) is 10.9 Å². The zero-order chi connectivity index (χ0) is 24.1. The fourth-order valence-corrected chi connectivity index (χ4v) is 4.47. The molecule has 0 spiro atoms. The SMILES string of the molecule is CCOC(=O)c1c(C)nc2cccc(OCC3CCC(NC(=O)c4ccncc4)CC3)c2c1N. The lowest BCUT2D eigenvalue weighted by Gasteiger charge is -2.29. The number of hydrogen-bond donors (Lipinski definition) is 2. The smallest absolute Gasteiger partial charge is 0.342 e. The van der Waals surface area contributed by atoms with E-state index in [0.29, 0.717) is 46.1 Å². The quantitative estimate of drug-likeness (QED) is 0.509. The molecule has 3 N–H and O–H groups in total. The van der Waals surface area contributed by atoms with Crippen molar-refractivity contribution in [2.75, 3.05) is 18.9 Å². The first kappa shape index (κ1) is 23.5. The molecule has 8 heteroatoms. The predicted molar refractivity (Wildman–Crippen MR) is 130 cm³/mol. The molecule has 8 nitrogen and oxygen atoms in total. The lowest BCUT2D eigenvalue weighted by molar-refractivity contribution is 0.0526. The van der Waals surface area contributed by atoms with Gasteiger partial charge in [0.15, 0.2) is 0 Å². The number of aryl methyl sites for hydroxylation is 1. The van der Waals surface area contributed by atoms with Crippen LogP contribution in [0.2, 0.25) is 0 Å². The van der Waals surface area contributed by atoms with Gasteiger partial charge in [-0.15, -0.1) is 0 Å². The van der Waals surface area contributed by atoms with Gasteiger partial charge in [-0.25, -0.2) is 4.79 Å². The van der Waals surface area contributed by atoms with Crippen LogP contribution in [0, 0.1) is 12.8 Å². The van der Waals surface area contributed by atoms with E-state index in [1.54, 1.807) is 38.4 Å². The van der Waals surface area contributed by atoms with Gasteiger partial charge in [-0.3, -0.25) is 14.8 Å². The van der Waals surface area contributed by atoms with E-state index in [0.717, 1.165) is 25.7 Å². The van der Waals surface area contributed by atoms with Crippen LogP contribution < -0.4 is 15.8 Å². The Kier molecular flexibility index (Phi) is 7.25. The van der Waals surface area contributed by atoms with E-state index >= 15 is 0 Å². The number of carbonyl (C=O) groups is 2. The number of esters is 1. The molecule has 2 heterocycles. The van der Waals surface area contributed by atoms with Crippen molar-refractivity contribution in [3.05, 3.63) is 59.5 Å². The molecule has 0 unspecified atom stereocenters. The number of nitrogens with one attached hydrogen (secondary N) is 1. The molecule has 1 saturated carbocycles. The van der Waals surface area contributed by atoms with Crippen LogP contribution in [-0.2, 0) is 4.74 Å². The number of benzene rings is 1. The van der Waals surface area contributed by atoms with Gasteiger partial charge in [0.05, 0.1) is 35.5 Å². The summed E-state index contributed by atoms with van der Waals surface area (Å²) >= 11 is 0. The highest BCUT2D eigenvalue weighted by Crippen LogP contribution is 2.35. The highest BCUT2D eigenvalue weighted by molar-refractivity contribution is 6.07. The number of carbonyl (C=O) groups excluding carboxylic acids is 2. The number of pyridine rings is 2. The van der Waals surface area contributed by atoms with Crippen molar-refractivity contribution in [3.63, 3.8) is 0 Å². The summed E-state index contributed by atoms with van der Waals surface area (Å²) in [7, 11) is 0. The van der Waals surface area contributed by atoms with Crippen LogP contribution in [0.5, 0.6) is 5.75 Å². The molecular weight excluding hydrogens is 432 g/mol. The third-order valence-corrected chi connectivity index (χ3v) is 6.27. The van der Waals surface area contributed by atoms with Crippen molar-refractivity contribution in [3.8, 4) is 5.75 Å². The lowest BCUT2D eigenvalue weighted by Crippen LogP contribution is -2.38. The van der Waals surface area contributed by atoms with Crippen molar-refractivity contribution in [2.45, 2.75) is 45.6 Å². The second-order valence-electron chi connectivity index (χ2n) is 8.59. The normalized spacial score (nSPS) is 17.8. The monoisotopic (exact) mass is 462 g/mol. The van der Waals surface area contributed by atoms with E-state index < -0.39 is 5.97 Å². The Balaban J connectivity index is 1.40. The summed E-state index contributed by atoms with van der Waals surface area (Å²) in [5.41, 5.74) is 8.87. The van der Waals surface area contributed by atoms with Crippen molar-refractivity contribution < 1.29 is 19.1 Å². The molecule has 0 bridgehead atoms. The minimum atomic E-state index is -0.478. The minimum Gasteiger partial charge on any atom is -0.493 e. The number of nitrogens with two attached hydrogens (primary N) is 1. The number of nitrogen functional groups attached to an aromatic ring is 1. The second kappa shape index (κ2) is 10.5.